The molecule has 1 saturated carbocycles. The van der Waals surface area contributed by atoms with Gasteiger partial charge in [0.15, 0.2) is 0 Å². The number of alkyl halides is 3. The molecule has 0 spiro atoms. The molecule has 1 aromatic heterocycles. The van der Waals surface area contributed by atoms with Gasteiger partial charge in [0.05, 0.1) is 11.6 Å². The van der Waals surface area contributed by atoms with E-state index in [0.717, 1.165) is 29.7 Å². The number of aromatic carboxylic acids is 1. The fraction of sp³-hybridized carbons (Fsp3) is 0.538. The molecule has 11 heteroatoms. The van der Waals surface area contributed by atoms with Gasteiger partial charge in [-0.15, -0.1) is 0 Å². The highest BCUT2D eigenvalue weighted by atomic mass is 19.4. The topological polar surface area (TPSA) is 102 Å². The van der Waals surface area contributed by atoms with Crippen molar-refractivity contribution in [1.29, 1.82) is 0 Å². The van der Waals surface area contributed by atoms with Crippen LogP contribution in [0.3, 0.4) is 0 Å². The zero-order valence-corrected chi connectivity index (χ0v) is 20.2. The van der Waals surface area contributed by atoms with Crippen LogP contribution >= 0.6 is 0 Å². The highest BCUT2D eigenvalue weighted by Gasteiger charge is 2.39. The number of halogens is 3. The first kappa shape index (κ1) is 25.3. The second-order valence-electron chi connectivity index (χ2n) is 10.1. The lowest BCUT2D eigenvalue weighted by Crippen LogP contribution is -2.48. The summed E-state index contributed by atoms with van der Waals surface area (Å²) in [6.07, 6.45) is 1.30. The van der Waals surface area contributed by atoms with Crippen molar-refractivity contribution in [3.8, 4) is 0 Å². The molecule has 1 saturated heterocycles. The number of piperidine rings is 1. The van der Waals surface area contributed by atoms with Gasteiger partial charge in [0.1, 0.15) is 5.56 Å². The molecule has 37 heavy (non-hydrogen) atoms. The average molecular weight is 520 g/mol. The normalized spacial score (nSPS) is 24.2. The maximum Gasteiger partial charge on any atom is 0.416 e. The Morgan fingerprint density at radius 2 is 1.65 bits per heavy atom. The van der Waals surface area contributed by atoms with Crippen LogP contribution in [-0.2, 0) is 17.4 Å². The second kappa shape index (κ2) is 9.50. The van der Waals surface area contributed by atoms with E-state index in [1.165, 1.54) is 16.7 Å². The Labute approximate surface area is 210 Å². The molecule has 2 heterocycles. The Kier molecular flexibility index (Phi) is 6.49. The number of hydrogen-bond acceptors (Lipinski definition) is 4. The summed E-state index contributed by atoms with van der Waals surface area (Å²) in [5.74, 6) is -1.37. The molecule has 2 fully saturated rings. The van der Waals surface area contributed by atoms with Gasteiger partial charge in [0.2, 0.25) is 5.91 Å². The number of nitrogens with zero attached hydrogens (tertiary/aromatic N) is 3. The predicted octanol–water partition coefficient (Wildman–Crippen LogP) is 3.76. The zero-order chi connectivity index (χ0) is 26.5. The van der Waals surface area contributed by atoms with E-state index < -0.39 is 40.6 Å². The number of carbonyl (C=O) groups is 2. The Morgan fingerprint density at radius 1 is 0.946 bits per heavy atom. The molecule has 2 aromatic rings. The molecule has 8 nitrogen and oxygen atoms in total. The molecule has 5 rings (SSSR count). The van der Waals surface area contributed by atoms with E-state index in [1.54, 1.807) is 0 Å². The largest absolute Gasteiger partial charge is 0.477 e. The van der Waals surface area contributed by atoms with Gasteiger partial charge in [-0.3, -0.25) is 18.7 Å². The quantitative estimate of drug-likeness (QED) is 0.663. The van der Waals surface area contributed by atoms with Crippen molar-refractivity contribution in [2.75, 3.05) is 6.54 Å². The molecule has 198 valence electrons. The summed E-state index contributed by atoms with van der Waals surface area (Å²) >= 11 is 0. The fourth-order valence-electron chi connectivity index (χ4n) is 6.30. The van der Waals surface area contributed by atoms with Crippen LogP contribution in [0.5, 0.6) is 0 Å². The summed E-state index contributed by atoms with van der Waals surface area (Å²) in [5, 5.41) is 9.71. The van der Waals surface area contributed by atoms with Crippen molar-refractivity contribution in [1.82, 2.24) is 14.0 Å². The smallest absolute Gasteiger partial charge is 0.416 e. The van der Waals surface area contributed by atoms with Gasteiger partial charge in [0, 0.05) is 31.2 Å². The van der Waals surface area contributed by atoms with Crippen LogP contribution < -0.4 is 11.2 Å². The molecular weight excluding hydrogens is 491 g/mol. The van der Waals surface area contributed by atoms with Crippen molar-refractivity contribution in [2.45, 2.75) is 82.1 Å². The van der Waals surface area contributed by atoms with Crippen LogP contribution in [0.15, 0.2) is 34.0 Å². The first-order chi connectivity index (χ1) is 17.6. The van der Waals surface area contributed by atoms with E-state index >= 15 is 0 Å². The number of carboxylic acid groups (broad SMARTS) is 1. The maximum absolute atomic E-state index is 13.6. The lowest BCUT2D eigenvalue weighted by molar-refractivity contribution is -0.138. The van der Waals surface area contributed by atoms with Gasteiger partial charge in [-0.25, -0.2) is 9.59 Å². The Hall–Kier alpha value is -3.37. The predicted molar refractivity (Wildman–Crippen MR) is 127 cm³/mol. The van der Waals surface area contributed by atoms with E-state index in [1.807, 2.05) is 4.90 Å². The van der Waals surface area contributed by atoms with Crippen molar-refractivity contribution < 1.29 is 27.9 Å². The van der Waals surface area contributed by atoms with Crippen molar-refractivity contribution in [3.05, 3.63) is 67.5 Å². The van der Waals surface area contributed by atoms with Crippen LogP contribution in [0, 0.1) is 0 Å². The standard InChI is InChI=1S/C26H28F3N3O5/c27-26(28,29)20-5-3-4-18-17(20)11-12-21(18)32-23(34)19(24(35)36)14-31(25(32)37)16-9-7-15(8-10-16)30-13-2-1-6-22(30)33/h3-5,14-16,21H,1-2,6-13H2,(H,35,36)/t15?,16?,21-/m1/s1. The van der Waals surface area contributed by atoms with Crippen molar-refractivity contribution >= 4 is 11.9 Å². The highest BCUT2D eigenvalue weighted by Crippen LogP contribution is 2.41. The van der Waals surface area contributed by atoms with Crippen molar-refractivity contribution in [2.24, 2.45) is 0 Å². The molecule has 3 aliphatic rings. The molecule has 1 aliphatic heterocycles. The minimum absolute atomic E-state index is 0.0217. The van der Waals surface area contributed by atoms with Crippen molar-refractivity contribution in [3.63, 3.8) is 0 Å². The van der Waals surface area contributed by atoms with E-state index in [0.29, 0.717) is 38.6 Å². The Morgan fingerprint density at radius 3 is 2.30 bits per heavy atom. The van der Waals surface area contributed by atoms with Gasteiger partial charge in [0.25, 0.3) is 5.56 Å². The van der Waals surface area contributed by atoms with Gasteiger partial charge in [-0.05, 0) is 68.6 Å². The number of rotatable bonds is 4. The van der Waals surface area contributed by atoms with Crippen LogP contribution in [0.25, 0.3) is 0 Å². The molecule has 0 unspecified atom stereocenters. The number of amides is 1. The molecule has 0 radical (unpaired) electrons. The minimum atomic E-state index is -4.58. The molecule has 1 atom stereocenters. The summed E-state index contributed by atoms with van der Waals surface area (Å²) in [4.78, 5) is 52.9. The van der Waals surface area contributed by atoms with Crippen LogP contribution in [0.2, 0.25) is 0 Å². The SMILES string of the molecule is O=C(O)c1cn(C2CCC(N3CCCCC3=O)CC2)c(=O)n([C@@H]2CCc3c2cccc3C(F)(F)F)c1=O. The number of likely N-dealkylation sites (tertiary alicyclic amines) is 1. The lowest BCUT2D eigenvalue weighted by Gasteiger charge is -2.39. The number of aromatic nitrogens is 2. The molecule has 1 N–H and O–H groups in total. The first-order valence-electron chi connectivity index (χ1n) is 12.7. The number of benzene rings is 1. The summed E-state index contributed by atoms with van der Waals surface area (Å²) in [6.45, 7) is 0.711. The van der Waals surface area contributed by atoms with Gasteiger partial charge in [-0.2, -0.15) is 13.2 Å². The second-order valence-corrected chi connectivity index (χ2v) is 10.1. The average Bonchev–Trinajstić information content (AvgIpc) is 3.28. The Bertz CT molecular complexity index is 1350. The molecule has 1 amide bonds. The first-order valence-corrected chi connectivity index (χ1v) is 12.7. The van der Waals surface area contributed by atoms with Crippen LogP contribution in [0.4, 0.5) is 13.2 Å². The number of carbonyl (C=O) groups excluding carboxylic acids is 1. The molecule has 1 aromatic carbocycles. The number of carboxylic acids is 1. The third kappa shape index (κ3) is 4.48. The highest BCUT2D eigenvalue weighted by molar-refractivity contribution is 5.86. The van der Waals surface area contributed by atoms with E-state index in [2.05, 4.69) is 0 Å². The molecule has 2 aliphatic carbocycles. The third-order valence-electron chi connectivity index (χ3n) is 8.09. The fourth-order valence-corrected chi connectivity index (χ4v) is 6.30. The number of hydrogen-bond donors (Lipinski definition) is 1. The minimum Gasteiger partial charge on any atom is -0.477 e. The van der Waals surface area contributed by atoms with Gasteiger partial charge < -0.3 is 10.0 Å². The van der Waals surface area contributed by atoms with Gasteiger partial charge in [-0.1, -0.05) is 12.1 Å². The lowest BCUT2D eigenvalue weighted by atomic mass is 9.89. The number of fused-ring (bicyclic) bond motifs is 1. The summed E-state index contributed by atoms with van der Waals surface area (Å²) < 4.78 is 42.8. The van der Waals surface area contributed by atoms with Crippen LogP contribution in [0.1, 0.15) is 90.5 Å². The molecule has 0 bridgehead atoms. The monoisotopic (exact) mass is 519 g/mol. The summed E-state index contributed by atoms with van der Waals surface area (Å²) in [6, 6.07) is 2.38. The molecular formula is C26H28F3N3O5. The zero-order valence-electron chi connectivity index (χ0n) is 20.2. The third-order valence-corrected chi connectivity index (χ3v) is 8.09. The van der Waals surface area contributed by atoms with Crippen LogP contribution in [-0.4, -0.2) is 43.6 Å². The van der Waals surface area contributed by atoms with E-state index in [-0.39, 0.29) is 42.0 Å². The van der Waals surface area contributed by atoms with E-state index in [9.17, 15) is 37.5 Å². The van der Waals surface area contributed by atoms with E-state index in [4.69, 9.17) is 0 Å². The maximum atomic E-state index is 13.6. The Balaban J connectivity index is 1.51. The van der Waals surface area contributed by atoms with Gasteiger partial charge >= 0.3 is 17.8 Å². The summed E-state index contributed by atoms with van der Waals surface area (Å²) in [7, 11) is 0. The summed E-state index contributed by atoms with van der Waals surface area (Å²) in [5.41, 5.74) is -2.88.